The molecule has 2 aromatic heterocycles. The molecule has 0 fully saturated rings. The van der Waals surface area contributed by atoms with E-state index in [0.717, 1.165) is 62.1 Å². The van der Waals surface area contributed by atoms with Crippen LogP contribution in [0.3, 0.4) is 0 Å². The van der Waals surface area contributed by atoms with Crippen LogP contribution in [0.15, 0.2) is 36.5 Å². The minimum absolute atomic E-state index is 0.483. The molecule has 4 aromatic rings. The molecule has 0 aliphatic rings. The Kier molecular flexibility index (Phi) is 7.00. The van der Waals surface area contributed by atoms with Crippen LogP contribution in [0.25, 0.3) is 21.5 Å². The van der Waals surface area contributed by atoms with Crippen LogP contribution < -0.4 is 15.4 Å². The summed E-state index contributed by atoms with van der Waals surface area (Å²) in [5, 5.41) is 16.0. The van der Waals surface area contributed by atoms with Crippen molar-refractivity contribution in [1.29, 1.82) is 0 Å². The standard InChI is InChI=1S/C24H29N7OS/c1-15-10-17(25-8-9-31(3)4)11-16(2)23(15)20-13-27-30-24(29-20)26-14-22-28-19-12-18(32-5)6-7-21(19)33-22/h6-7,10-13,25H,8-9,14H2,1-5H3,(H,26,29,30). The summed E-state index contributed by atoms with van der Waals surface area (Å²) in [4.78, 5) is 11.6. The maximum atomic E-state index is 5.29. The van der Waals surface area contributed by atoms with Gasteiger partial charge in [-0.25, -0.2) is 9.97 Å². The summed E-state index contributed by atoms with van der Waals surface area (Å²) in [5.74, 6) is 1.29. The lowest BCUT2D eigenvalue weighted by Crippen LogP contribution is -2.20. The van der Waals surface area contributed by atoms with Crippen LogP contribution in [0.4, 0.5) is 11.6 Å². The first-order chi connectivity index (χ1) is 15.9. The summed E-state index contributed by atoms with van der Waals surface area (Å²) < 4.78 is 6.40. The van der Waals surface area contributed by atoms with Gasteiger partial charge in [-0.15, -0.1) is 16.4 Å². The highest BCUT2D eigenvalue weighted by molar-refractivity contribution is 7.18. The summed E-state index contributed by atoms with van der Waals surface area (Å²) in [6.45, 7) is 6.60. The molecule has 172 valence electrons. The molecular formula is C24H29N7OS. The predicted octanol–water partition coefficient (Wildman–Crippen LogP) is 4.36. The molecule has 0 bridgehead atoms. The highest BCUT2D eigenvalue weighted by Crippen LogP contribution is 2.29. The molecule has 2 heterocycles. The van der Waals surface area contributed by atoms with Gasteiger partial charge >= 0.3 is 0 Å². The first kappa shape index (κ1) is 22.9. The third-order valence-electron chi connectivity index (χ3n) is 5.27. The van der Waals surface area contributed by atoms with E-state index < -0.39 is 0 Å². The van der Waals surface area contributed by atoms with E-state index in [9.17, 15) is 0 Å². The van der Waals surface area contributed by atoms with Gasteiger partial charge in [0, 0.05) is 30.4 Å². The van der Waals surface area contributed by atoms with Crippen LogP contribution in [-0.4, -0.2) is 59.4 Å². The Labute approximate surface area is 198 Å². The zero-order valence-electron chi connectivity index (χ0n) is 19.6. The predicted molar refractivity (Wildman–Crippen MR) is 135 cm³/mol. The quantitative estimate of drug-likeness (QED) is 0.379. The molecule has 0 saturated heterocycles. The van der Waals surface area contributed by atoms with Gasteiger partial charge in [-0.3, -0.25) is 0 Å². The van der Waals surface area contributed by atoms with Crippen LogP contribution in [-0.2, 0) is 6.54 Å². The number of ether oxygens (including phenoxy) is 1. The van der Waals surface area contributed by atoms with E-state index in [1.54, 1.807) is 24.6 Å². The van der Waals surface area contributed by atoms with Crippen molar-refractivity contribution in [3.63, 3.8) is 0 Å². The molecule has 0 aliphatic heterocycles. The van der Waals surface area contributed by atoms with Crippen molar-refractivity contribution in [1.82, 2.24) is 25.1 Å². The number of likely N-dealkylation sites (N-methyl/N-ethyl adjacent to an activating group) is 1. The summed E-state index contributed by atoms with van der Waals surface area (Å²) in [6, 6.07) is 10.2. The fraction of sp³-hybridized carbons (Fsp3) is 0.333. The number of methoxy groups -OCH3 is 1. The fourth-order valence-corrected chi connectivity index (χ4v) is 4.59. The molecule has 0 radical (unpaired) electrons. The molecular weight excluding hydrogens is 434 g/mol. The average molecular weight is 464 g/mol. The second-order valence-electron chi connectivity index (χ2n) is 8.18. The topological polar surface area (TPSA) is 88.1 Å². The molecule has 9 heteroatoms. The average Bonchev–Trinajstić information content (AvgIpc) is 3.19. The third-order valence-corrected chi connectivity index (χ3v) is 6.31. The lowest BCUT2D eigenvalue weighted by Gasteiger charge is -2.15. The first-order valence-electron chi connectivity index (χ1n) is 10.8. The normalized spacial score (nSPS) is 11.2. The van der Waals surface area contributed by atoms with Crippen molar-refractivity contribution < 1.29 is 4.74 Å². The summed E-state index contributed by atoms with van der Waals surface area (Å²) in [5.41, 5.74) is 6.22. The van der Waals surface area contributed by atoms with Crippen molar-refractivity contribution in [2.24, 2.45) is 0 Å². The van der Waals surface area contributed by atoms with Gasteiger partial charge in [0.1, 0.15) is 10.8 Å². The number of aryl methyl sites for hydroxylation is 2. The lowest BCUT2D eigenvalue weighted by atomic mass is 9.99. The van der Waals surface area contributed by atoms with E-state index >= 15 is 0 Å². The van der Waals surface area contributed by atoms with Gasteiger partial charge in [0.15, 0.2) is 0 Å². The number of thiazole rings is 1. The maximum absolute atomic E-state index is 5.29. The Morgan fingerprint density at radius 3 is 2.55 bits per heavy atom. The number of anilines is 2. The minimum atomic E-state index is 0.483. The van der Waals surface area contributed by atoms with Crippen molar-refractivity contribution in [3.05, 3.63) is 52.7 Å². The van der Waals surface area contributed by atoms with Gasteiger partial charge < -0.3 is 20.3 Å². The number of nitrogens with zero attached hydrogens (tertiary/aromatic N) is 5. The van der Waals surface area contributed by atoms with Crippen molar-refractivity contribution in [2.75, 3.05) is 44.9 Å². The van der Waals surface area contributed by atoms with E-state index in [4.69, 9.17) is 9.72 Å². The van der Waals surface area contributed by atoms with Crippen molar-refractivity contribution in [2.45, 2.75) is 20.4 Å². The summed E-state index contributed by atoms with van der Waals surface area (Å²) in [7, 11) is 5.80. The van der Waals surface area contributed by atoms with Gasteiger partial charge in [0.05, 0.1) is 35.8 Å². The number of rotatable bonds is 9. The van der Waals surface area contributed by atoms with Gasteiger partial charge in [-0.1, -0.05) is 0 Å². The largest absolute Gasteiger partial charge is 0.497 e. The van der Waals surface area contributed by atoms with Crippen LogP contribution in [0.5, 0.6) is 5.75 Å². The smallest absolute Gasteiger partial charge is 0.243 e. The van der Waals surface area contributed by atoms with E-state index in [2.05, 4.69) is 70.8 Å². The molecule has 0 atom stereocenters. The molecule has 2 N–H and O–H groups in total. The van der Waals surface area contributed by atoms with Crippen LogP contribution in [0.1, 0.15) is 16.1 Å². The first-order valence-corrected chi connectivity index (χ1v) is 11.6. The monoisotopic (exact) mass is 463 g/mol. The van der Waals surface area contributed by atoms with E-state index in [1.807, 2.05) is 18.2 Å². The Morgan fingerprint density at radius 1 is 1.03 bits per heavy atom. The lowest BCUT2D eigenvalue weighted by molar-refractivity contribution is 0.415. The number of fused-ring (bicyclic) bond motifs is 1. The van der Waals surface area contributed by atoms with Gasteiger partial charge in [-0.2, -0.15) is 5.10 Å². The second kappa shape index (κ2) is 10.1. The second-order valence-corrected chi connectivity index (χ2v) is 9.29. The van der Waals surface area contributed by atoms with Crippen molar-refractivity contribution >= 4 is 33.2 Å². The van der Waals surface area contributed by atoms with E-state index in [1.165, 1.54) is 0 Å². The molecule has 4 rings (SSSR count). The fourth-order valence-electron chi connectivity index (χ4n) is 3.70. The molecule has 8 nitrogen and oxygen atoms in total. The number of hydrogen-bond acceptors (Lipinski definition) is 9. The number of aromatic nitrogens is 4. The molecule has 0 amide bonds. The Balaban J connectivity index is 1.48. The zero-order chi connectivity index (χ0) is 23.4. The zero-order valence-corrected chi connectivity index (χ0v) is 20.5. The molecule has 0 spiro atoms. The summed E-state index contributed by atoms with van der Waals surface area (Å²) >= 11 is 1.64. The Morgan fingerprint density at radius 2 is 1.82 bits per heavy atom. The van der Waals surface area contributed by atoms with E-state index in [-0.39, 0.29) is 0 Å². The minimum Gasteiger partial charge on any atom is -0.497 e. The van der Waals surface area contributed by atoms with E-state index in [0.29, 0.717) is 12.5 Å². The van der Waals surface area contributed by atoms with Crippen LogP contribution in [0.2, 0.25) is 0 Å². The maximum Gasteiger partial charge on any atom is 0.243 e. The molecule has 0 saturated carbocycles. The Bertz CT molecular complexity index is 1230. The Hall–Kier alpha value is -3.30. The van der Waals surface area contributed by atoms with Crippen molar-refractivity contribution in [3.8, 4) is 17.0 Å². The highest BCUT2D eigenvalue weighted by Gasteiger charge is 2.12. The molecule has 2 aromatic carbocycles. The number of benzene rings is 2. The highest BCUT2D eigenvalue weighted by atomic mass is 32.1. The third kappa shape index (κ3) is 5.55. The van der Waals surface area contributed by atoms with Gasteiger partial charge in [0.25, 0.3) is 0 Å². The molecule has 0 aliphatic carbocycles. The van der Waals surface area contributed by atoms with Gasteiger partial charge in [0.2, 0.25) is 5.95 Å². The summed E-state index contributed by atoms with van der Waals surface area (Å²) in [6.07, 6.45) is 1.71. The van der Waals surface area contributed by atoms with Crippen LogP contribution in [0, 0.1) is 13.8 Å². The SMILES string of the molecule is COc1ccc2sc(CNc3nncc(-c4c(C)cc(NCCN(C)C)cc4C)n3)nc2c1. The van der Waals surface area contributed by atoms with Crippen LogP contribution >= 0.6 is 11.3 Å². The number of nitrogens with one attached hydrogen (secondary N) is 2. The molecule has 33 heavy (non-hydrogen) atoms. The number of hydrogen-bond donors (Lipinski definition) is 2. The molecule has 0 unspecified atom stereocenters. The van der Waals surface area contributed by atoms with Gasteiger partial charge in [-0.05, 0) is 63.3 Å².